The number of hydrazone groups is 1. The molecular weight excluding hydrogens is 300 g/mol. The Morgan fingerprint density at radius 3 is 2.57 bits per heavy atom. The smallest absolute Gasteiger partial charge is 0.270 e. The van der Waals surface area contributed by atoms with Crippen LogP contribution in [0.4, 0.5) is 0 Å². The summed E-state index contributed by atoms with van der Waals surface area (Å²) in [6.07, 6.45) is 2.82. The first kappa shape index (κ1) is 15.9. The monoisotopic (exact) mass is 322 g/mol. The van der Waals surface area contributed by atoms with Crippen LogP contribution in [-0.2, 0) is 19.1 Å². The molecule has 0 radical (unpaired) electrons. The quantitative estimate of drug-likeness (QED) is 0.741. The van der Waals surface area contributed by atoms with Crippen molar-refractivity contribution in [2.45, 2.75) is 38.2 Å². The Hall–Kier alpha value is -1.96. The average Bonchev–Trinajstić information content (AvgIpc) is 2.99. The van der Waals surface area contributed by atoms with Crippen molar-refractivity contribution in [3.05, 3.63) is 0 Å². The van der Waals surface area contributed by atoms with E-state index >= 15 is 0 Å². The van der Waals surface area contributed by atoms with Gasteiger partial charge < -0.3 is 14.5 Å². The molecule has 0 spiro atoms. The van der Waals surface area contributed by atoms with Crippen LogP contribution >= 0.6 is 0 Å². The SMILES string of the molecule is O=C1CCC(C(=O)N2CCCN(C(=O)C3CCCO3)CC2)=NN1. The molecular formula is C15H22N4O4. The molecule has 1 unspecified atom stereocenters. The Kier molecular flexibility index (Phi) is 4.90. The van der Waals surface area contributed by atoms with Crippen LogP contribution in [0.15, 0.2) is 5.10 Å². The topological polar surface area (TPSA) is 91.3 Å². The first-order valence-corrected chi connectivity index (χ1v) is 8.20. The maximum Gasteiger partial charge on any atom is 0.270 e. The van der Waals surface area contributed by atoms with E-state index in [9.17, 15) is 14.4 Å². The summed E-state index contributed by atoms with van der Waals surface area (Å²) in [5.74, 6) is -0.263. The Bertz CT molecular complexity index is 528. The number of hydrogen-bond acceptors (Lipinski definition) is 5. The Balaban J connectivity index is 1.56. The zero-order valence-corrected chi connectivity index (χ0v) is 13.1. The Morgan fingerprint density at radius 1 is 1.09 bits per heavy atom. The molecule has 3 amide bonds. The van der Waals surface area contributed by atoms with Crippen LogP contribution in [0.1, 0.15) is 32.1 Å². The highest BCUT2D eigenvalue weighted by Crippen LogP contribution is 2.16. The van der Waals surface area contributed by atoms with Crippen molar-refractivity contribution < 1.29 is 19.1 Å². The lowest BCUT2D eigenvalue weighted by molar-refractivity contribution is -0.141. The number of carbonyl (C=O) groups is 3. The maximum atomic E-state index is 12.5. The number of rotatable bonds is 2. The molecule has 0 aliphatic carbocycles. The van der Waals surface area contributed by atoms with Gasteiger partial charge in [-0.3, -0.25) is 14.4 Å². The number of carbonyl (C=O) groups excluding carboxylic acids is 3. The zero-order valence-electron chi connectivity index (χ0n) is 13.1. The molecule has 0 aromatic carbocycles. The third-order valence-corrected chi connectivity index (χ3v) is 4.45. The van der Waals surface area contributed by atoms with Gasteiger partial charge in [0.25, 0.3) is 11.8 Å². The standard InChI is InChI=1S/C15H22N4O4/c20-13-5-4-11(16-17-13)14(21)18-6-2-7-19(9-8-18)15(22)12-3-1-10-23-12/h12H,1-10H2,(H,17,20). The van der Waals surface area contributed by atoms with Gasteiger partial charge >= 0.3 is 0 Å². The molecule has 126 valence electrons. The molecule has 3 aliphatic heterocycles. The summed E-state index contributed by atoms with van der Waals surface area (Å²) >= 11 is 0. The van der Waals surface area contributed by atoms with Crippen LogP contribution in [0.25, 0.3) is 0 Å². The highest BCUT2D eigenvalue weighted by Gasteiger charge is 2.31. The van der Waals surface area contributed by atoms with Gasteiger partial charge in [0.2, 0.25) is 5.91 Å². The number of ether oxygens (including phenoxy) is 1. The van der Waals surface area contributed by atoms with Gasteiger partial charge in [-0.25, -0.2) is 5.43 Å². The molecule has 3 heterocycles. The molecule has 2 saturated heterocycles. The molecule has 0 aromatic heterocycles. The summed E-state index contributed by atoms with van der Waals surface area (Å²) in [6.45, 7) is 2.90. The van der Waals surface area contributed by atoms with Crippen molar-refractivity contribution in [3.63, 3.8) is 0 Å². The summed E-state index contributed by atoms with van der Waals surface area (Å²) in [4.78, 5) is 39.5. The van der Waals surface area contributed by atoms with Crippen LogP contribution in [0.2, 0.25) is 0 Å². The van der Waals surface area contributed by atoms with Crippen molar-refractivity contribution in [3.8, 4) is 0 Å². The van der Waals surface area contributed by atoms with Crippen LogP contribution in [0, 0.1) is 0 Å². The first-order chi connectivity index (χ1) is 11.1. The fourth-order valence-electron chi connectivity index (χ4n) is 3.13. The number of nitrogens with one attached hydrogen (secondary N) is 1. The summed E-state index contributed by atoms with van der Waals surface area (Å²) in [7, 11) is 0. The second-order valence-electron chi connectivity index (χ2n) is 6.07. The molecule has 0 saturated carbocycles. The van der Waals surface area contributed by atoms with E-state index in [1.54, 1.807) is 9.80 Å². The fraction of sp³-hybridized carbons (Fsp3) is 0.733. The van der Waals surface area contributed by atoms with E-state index in [0.29, 0.717) is 51.3 Å². The lowest BCUT2D eigenvalue weighted by Crippen LogP contribution is -2.44. The first-order valence-electron chi connectivity index (χ1n) is 8.20. The van der Waals surface area contributed by atoms with Gasteiger partial charge in [-0.1, -0.05) is 0 Å². The van der Waals surface area contributed by atoms with Crippen molar-refractivity contribution in [1.29, 1.82) is 0 Å². The van der Waals surface area contributed by atoms with Gasteiger partial charge in [0, 0.05) is 45.6 Å². The van der Waals surface area contributed by atoms with Crippen molar-refractivity contribution in [2.24, 2.45) is 5.10 Å². The van der Waals surface area contributed by atoms with Crippen LogP contribution in [-0.4, -0.2) is 72.1 Å². The molecule has 0 aromatic rings. The van der Waals surface area contributed by atoms with Gasteiger partial charge in [0.1, 0.15) is 11.8 Å². The second-order valence-corrected chi connectivity index (χ2v) is 6.07. The van der Waals surface area contributed by atoms with Crippen LogP contribution in [0.5, 0.6) is 0 Å². The van der Waals surface area contributed by atoms with Gasteiger partial charge in [0.15, 0.2) is 0 Å². The lowest BCUT2D eigenvalue weighted by Gasteiger charge is -2.24. The van der Waals surface area contributed by atoms with E-state index in [1.807, 2.05) is 0 Å². The minimum Gasteiger partial charge on any atom is -0.368 e. The van der Waals surface area contributed by atoms with Crippen LogP contribution in [0.3, 0.4) is 0 Å². The Labute approximate surface area is 134 Å². The fourth-order valence-corrected chi connectivity index (χ4v) is 3.13. The molecule has 23 heavy (non-hydrogen) atoms. The average molecular weight is 322 g/mol. The van der Waals surface area contributed by atoms with Gasteiger partial charge in [-0.05, 0) is 19.3 Å². The highest BCUT2D eigenvalue weighted by atomic mass is 16.5. The predicted molar refractivity (Wildman–Crippen MR) is 81.6 cm³/mol. The molecule has 1 atom stereocenters. The molecule has 3 rings (SSSR count). The van der Waals surface area contributed by atoms with E-state index < -0.39 is 0 Å². The molecule has 8 heteroatoms. The van der Waals surface area contributed by atoms with E-state index in [-0.39, 0.29) is 23.8 Å². The summed E-state index contributed by atoms with van der Waals surface area (Å²) < 4.78 is 5.46. The molecule has 0 bridgehead atoms. The van der Waals surface area contributed by atoms with E-state index in [2.05, 4.69) is 10.5 Å². The van der Waals surface area contributed by atoms with E-state index in [0.717, 1.165) is 19.3 Å². The minimum atomic E-state index is -0.310. The van der Waals surface area contributed by atoms with Gasteiger partial charge in [-0.15, -0.1) is 0 Å². The van der Waals surface area contributed by atoms with Crippen LogP contribution < -0.4 is 5.43 Å². The minimum absolute atomic E-state index is 0.0408. The third kappa shape index (κ3) is 3.69. The molecule has 8 nitrogen and oxygen atoms in total. The summed E-state index contributed by atoms with van der Waals surface area (Å²) in [5, 5.41) is 3.86. The number of hydrogen-bond donors (Lipinski definition) is 1. The zero-order chi connectivity index (χ0) is 16.2. The van der Waals surface area contributed by atoms with Crippen molar-refractivity contribution in [1.82, 2.24) is 15.2 Å². The van der Waals surface area contributed by atoms with Gasteiger partial charge in [-0.2, -0.15) is 5.10 Å². The Morgan fingerprint density at radius 2 is 1.87 bits per heavy atom. The summed E-state index contributed by atoms with van der Waals surface area (Å²) in [5.41, 5.74) is 2.74. The number of amides is 3. The largest absolute Gasteiger partial charge is 0.368 e. The second kappa shape index (κ2) is 7.08. The molecule has 1 N–H and O–H groups in total. The van der Waals surface area contributed by atoms with Crippen molar-refractivity contribution in [2.75, 3.05) is 32.8 Å². The lowest BCUT2D eigenvalue weighted by atomic mass is 10.1. The summed E-state index contributed by atoms with van der Waals surface area (Å²) in [6, 6.07) is 0. The molecule has 2 fully saturated rings. The van der Waals surface area contributed by atoms with Gasteiger partial charge in [0.05, 0.1) is 0 Å². The number of nitrogens with zero attached hydrogens (tertiary/aromatic N) is 3. The van der Waals surface area contributed by atoms with Crippen molar-refractivity contribution >= 4 is 23.4 Å². The molecule has 3 aliphatic rings. The van der Waals surface area contributed by atoms with E-state index in [4.69, 9.17) is 4.74 Å². The highest BCUT2D eigenvalue weighted by molar-refractivity contribution is 6.39. The van der Waals surface area contributed by atoms with E-state index in [1.165, 1.54) is 0 Å². The third-order valence-electron chi connectivity index (χ3n) is 4.45. The maximum absolute atomic E-state index is 12.5. The normalized spacial score (nSPS) is 25.7. The predicted octanol–water partition coefficient (Wildman–Crippen LogP) is -0.508.